The van der Waals surface area contributed by atoms with Crippen molar-refractivity contribution in [2.45, 2.75) is 32.4 Å². The maximum Gasteiger partial charge on any atom is 0.208 e. The van der Waals surface area contributed by atoms with Gasteiger partial charge in [0.1, 0.15) is 24.6 Å². The van der Waals surface area contributed by atoms with Crippen LogP contribution in [-0.2, 0) is 5.41 Å². The van der Waals surface area contributed by atoms with Crippen LogP contribution in [0.1, 0.15) is 25.0 Å². The number of rotatable bonds is 6. The second-order valence-corrected chi connectivity index (χ2v) is 25.5. The van der Waals surface area contributed by atoms with Crippen LogP contribution in [0.25, 0.3) is 84.0 Å². The molecule has 2 aliphatic rings. The molecule has 1 aliphatic heterocycles. The number of thiophene rings is 4. The maximum absolute atomic E-state index is 4.91. The monoisotopic (exact) mass is 857 g/mol. The summed E-state index contributed by atoms with van der Waals surface area (Å²) in [5, 5.41) is 3.13. The van der Waals surface area contributed by atoms with E-state index in [1.807, 2.05) is 45.3 Å². The third kappa shape index (κ3) is 5.11. The van der Waals surface area contributed by atoms with Crippen molar-refractivity contribution in [3.63, 3.8) is 0 Å². The number of hydrogen-bond donors (Lipinski definition) is 0. The zero-order chi connectivity index (χ0) is 38.2. The van der Waals surface area contributed by atoms with Crippen LogP contribution >= 0.6 is 68.8 Å². The summed E-state index contributed by atoms with van der Waals surface area (Å²) in [7, 11) is 0.499. The van der Waals surface area contributed by atoms with E-state index in [1.165, 1.54) is 90.2 Å². The molecule has 273 valence electrons. The van der Waals surface area contributed by atoms with Crippen LogP contribution in [0.3, 0.4) is 0 Å². The molecule has 0 N–H and O–H groups in total. The molecule has 57 heavy (non-hydrogen) atoms. The van der Waals surface area contributed by atoms with Gasteiger partial charge in [-0.2, -0.15) is 17.5 Å². The number of nitrogens with zero attached hydrogens (tertiary/aromatic N) is 4. The number of benzene rings is 4. The van der Waals surface area contributed by atoms with E-state index in [4.69, 9.17) is 17.5 Å². The Morgan fingerprint density at radius 2 is 1.00 bits per heavy atom. The molecule has 0 saturated heterocycles. The summed E-state index contributed by atoms with van der Waals surface area (Å²) in [6.45, 7) is 9.75. The van der Waals surface area contributed by atoms with E-state index in [2.05, 4.69) is 143 Å². The van der Waals surface area contributed by atoms with Gasteiger partial charge in [-0.05, 0) is 55.6 Å². The Morgan fingerprint density at radius 1 is 0.491 bits per heavy atom. The summed E-state index contributed by atoms with van der Waals surface area (Å²) in [6, 6.07) is 40.1. The Balaban J connectivity index is 0.869. The molecule has 0 bridgehead atoms. The van der Waals surface area contributed by atoms with E-state index >= 15 is 0 Å². The molecule has 0 amide bonds. The first kappa shape index (κ1) is 34.6. The second kappa shape index (κ2) is 12.6. The van der Waals surface area contributed by atoms with E-state index in [-0.39, 0.29) is 5.41 Å². The Labute approximate surface area is 356 Å². The molecule has 0 fully saturated rings. The molecule has 0 saturated carbocycles. The van der Waals surface area contributed by atoms with Gasteiger partial charge in [0.2, 0.25) is 7.28 Å². The Morgan fingerprint density at radius 3 is 1.72 bits per heavy atom. The van der Waals surface area contributed by atoms with Gasteiger partial charge in [0.05, 0.1) is 29.0 Å². The van der Waals surface area contributed by atoms with Gasteiger partial charge < -0.3 is 0 Å². The fourth-order valence-electron chi connectivity index (χ4n) is 8.76. The van der Waals surface area contributed by atoms with Gasteiger partial charge in [-0.3, -0.25) is 0 Å². The van der Waals surface area contributed by atoms with E-state index in [0.29, 0.717) is 0 Å². The highest BCUT2D eigenvalue weighted by molar-refractivity contribution is 7.31. The van der Waals surface area contributed by atoms with E-state index in [9.17, 15) is 0 Å². The highest BCUT2D eigenvalue weighted by Crippen LogP contribution is 2.56. The summed E-state index contributed by atoms with van der Waals surface area (Å²) in [4.78, 5) is 9.59. The molecule has 0 atom stereocenters. The predicted octanol–water partition coefficient (Wildman–Crippen LogP) is 11.4. The summed E-state index contributed by atoms with van der Waals surface area (Å²) < 4.78 is 20.6. The van der Waals surface area contributed by atoms with Crippen LogP contribution in [0.4, 0.5) is 0 Å². The third-order valence-electron chi connectivity index (χ3n) is 11.9. The number of aromatic nitrogens is 4. The first-order chi connectivity index (χ1) is 27.7. The highest BCUT2D eigenvalue weighted by atomic mass is 32.1. The molecule has 4 aromatic carbocycles. The van der Waals surface area contributed by atoms with Crippen LogP contribution in [-0.4, -0.2) is 32.8 Å². The van der Waals surface area contributed by atoms with Crippen LogP contribution < -0.4 is 20.6 Å². The molecule has 1 aliphatic carbocycles. The van der Waals surface area contributed by atoms with Crippen LogP contribution in [0.15, 0.2) is 109 Å². The molecular weight excluding hydrogens is 828 g/mol. The van der Waals surface area contributed by atoms with Gasteiger partial charge >= 0.3 is 0 Å². The Kier molecular flexibility index (Phi) is 7.62. The quantitative estimate of drug-likeness (QED) is 0.156. The minimum Gasteiger partial charge on any atom is -0.174 e. The summed E-state index contributed by atoms with van der Waals surface area (Å²) in [5.41, 5.74) is 13.7. The average molecular weight is 858 g/mol. The lowest BCUT2D eigenvalue weighted by Crippen LogP contribution is -2.48. The fourth-order valence-corrected chi connectivity index (χ4v) is 19.9. The lowest BCUT2D eigenvalue weighted by molar-refractivity contribution is 0.664. The normalized spacial score (nSPS) is 14.6. The topological polar surface area (TPSA) is 51.6 Å². The lowest BCUT2D eigenvalue weighted by atomic mass is 9.67. The molecular formula is C45H30BN4S6Si. The molecule has 0 unspecified atom stereocenters. The first-order valence-corrected chi connectivity index (χ1v) is 26.5. The van der Waals surface area contributed by atoms with Crippen LogP contribution in [0.2, 0.25) is 13.1 Å². The van der Waals surface area contributed by atoms with Crippen molar-refractivity contribution in [3.8, 4) is 62.0 Å². The first-order valence-electron chi connectivity index (χ1n) is 18.8. The van der Waals surface area contributed by atoms with Crippen molar-refractivity contribution >= 4 is 127 Å². The van der Waals surface area contributed by atoms with Crippen molar-refractivity contribution in [1.82, 2.24) is 17.5 Å². The van der Waals surface area contributed by atoms with Crippen LogP contribution in [0, 0.1) is 0 Å². The van der Waals surface area contributed by atoms with Crippen LogP contribution in [0.5, 0.6) is 0 Å². The molecule has 7 heterocycles. The van der Waals surface area contributed by atoms with Gasteiger partial charge in [0.25, 0.3) is 0 Å². The van der Waals surface area contributed by atoms with Gasteiger partial charge in [-0.1, -0.05) is 123 Å². The average Bonchev–Trinajstić information content (AvgIpc) is 4.08. The van der Waals surface area contributed by atoms with E-state index in [0.717, 1.165) is 38.7 Å². The maximum atomic E-state index is 4.91. The second-order valence-electron chi connectivity index (χ2n) is 15.9. The van der Waals surface area contributed by atoms with Gasteiger partial charge in [0, 0.05) is 56.2 Å². The van der Waals surface area contributed by atoms with E-state index < -0.39 is 8.07 Å². The van der Waals surface area contributed by atoms with Crippen molar-refractivity contribution in [2.24, 2.45) is 0 Å². The molecule has 10 aromatic rings. The smallest absolute Gasteiger partial charge is 0.174 e. The molecule has 12 heteroatoms. The largest absolute Gasteiger partial charge is 0.208 e. The summed E-state index contributed by atoms with van der Waals surface area (Å²) in [6.07, 6.45) is 0. The molecule has 4 nitrogen and oxygen atoms in total. The minimum absolute atomic E-state index is 0.103. The minimum atomic E-state index is -1.82. The molecule has 0 spiro atoms. The van der Waals surface area contributed by atoms with Crippen molar-refractivity contribution in [1.29, 1.82) is 0 Å². The zero-order valence-electron chi connectivity index (χ0n) is 31.2. The standard InChI is InChI=1S/C45H30BN4S6Si/c1-45(2)28-19-32(26-16-15-25(23-11-7-5-8-12-23)37-38(26)48-55-47-37)52-41(28)42-29(45)20-36(54-42)46-30-18-17-27(39-40(30)50-56-49-39)33-22-35-44(53-33)43-34(57(35,3)4)21-31(51-43)24-13-9-6-10-14-24/h5-22H,1-4H3. The van der Waals surface area contributed by atoms with Crippen molar-refractivity contribution in [3.05, 3.63) is 120 Å². The summed E-state index contributed by atoms with van der Waals surface area (Å²) in [5.74, 6) is 0. The predicted molar refractivity (Wildman–Crippen MR) is 253 cm³/mol. The summed E-state index contributed by atoms with van der Waals surface area (Å²) >= 11 is 10.3. The SMILES string of the molecule is CC1(C)c2cc([B]c3ccc(-c4cc5c(s4)-c4sc(-c6ccccc6)cc4[Si]5(C)C)c4nsnc34)sc2-c2sc(-c3ccc(-c4ccccc4)c4nsnc34)cc21. The third-order valence-corrected chi connectivity index (χ3v) is 21.7. The fraction of sp³-hybridized carbons (Fsp3) is 0.111. The Hall–Kier alpha value is -4.40. The van der Waals surface area contributed by atoms with Gasteiger partial charge in [0.15, 0.2) is 0 Å². The van der Waals surface area contributed by atoms with E-state index in [1.54, 1.807) is 10.4 Å². The zero-order valence-corrected chi connectivity index (χ0v) is 37.1. The van der Waals surface area contributed by atoms with Gasteiger partial charge in [-0.25, -0.2) is 0 Å². The number of fused-ring (bicyclic) bond motifs is 8. The molecule has 1 radical (unpaired) electrons. The lowest BCUT2D eigenvalue weighted by Gasteiger charge is -2.19. The Bertz CT molecular complexity index is 3240. The molecule has 12 rings (SSSR count). The highest BCUT2D eigenvalue weighted by Gasteiger charge is 2.42. The number of hydrogen-bond acceptors (Lipinski definition) is 10. The van der Waals surface area contributed by atoms with Crippen molar-refractivity contribution in [2.75, 3.05) is 0 Å². The molecule has 6 aromatic heterocycles. The van der Waals surface area contributed by atoms with Crippen molar-refractivity contribution < 1.29 is 0 Å². The van der Waals surface area contributed by atoms with Gasteiger partial charge in [-0.15, -0.1) is 45.3 Å².